The second-order valence-corrected chi connectivity index (χ2v) is 16.3. The number of rotatable bonds is 12. The molecule has 0 bridgehead atoms. The third-order valence-corrected chi connectivity index (χ3v) is 12.8. The Labute approximate surface area is 329 Å². The van der Waals surface area contributed by atoms with Gasteiger partial charge in [0.1, 0.15) is 22.7 Å². The molecule has 2 aromatic heterocycles. The molecule has 2 amide bonds. The maximum atomic E-state index is 13.2. The Morgan fingerprint density at radius 1 is 0.667 bits per heavy atom. The van der Waals surface area contributed by atoms with E-state index in [1.165, 1.54) is 24.5 Å². The van der Waals surface area contributed by atoms with E-state index in [2.05, 4.69) is 31.2 Å². The molecule has 2 aromatic rings. The minimum absolute atomic E-state index is 0.0616. The SMILES string of the molecule is CNC(=O)C1(NCCC2CCC(c3ncc(F)cc3Cl)CC2)CCOCC1.CNC(=O)C1(NCCC2CCC(c3ncc(F)cc3Cl)CC2)CCOCC1. The Bertz CT molecular complexity index is 1400. The van der Waals surface area contributed by atoms with E-state index in [0.29, 0.717) is 85.8 Å². The summed E-state index contributed by atoms with van der Waals surface area (Å²) in [6, 6.07) is 2.71. The molecule has 4 N–H and O–H groups in total. The zero-order valence-electron chi connectivity index (χ0n) is 31.8. The summed E-state index contributed by atoms with van der Waals surface area (Å²) in [5, 5.41) is 13.5. The third kappa shape index (κ3) is 11.3. The number of halogens is 4. The number of hydrogen-bond donors (Lipinski definition) is 4. The van der Waals surface area contributed by atoms with Gasteiger partial charge in [-0.3, -0.25) is 19.6 Å². The molecule has 0 aromatic carbocycles. The van der Waals surface area contributed by atoms with E-state index in [9.17, 15) is 18.4 Å². The van der Waals surface area contributed by atoms with Crippen LogP contribution in [0, 0.1) is 23.5 Å². The van der Waals surface area contributed by atoms with E-state index in [-0.39, 0.29) is 23.4 Å². The lowest BCUT2D eigenvalue weighted by Gasteiger charge is -2.37. The molecule has 4 heterocycles. The molecule has 0 unspecified atom stereocenters. The summed E-state index contributed by atoms with van der Waals surface area (Å²) >= 11 is 12.3. The van der Waals surface area contributed by atoms with Crippen LogP contribution in [0.3, 0.4) is 0 Å². The summed E-state index contributed by atoms with van der Waals surface area (Å²) < 4.78 is 37.2. The molecular weight excluding hydrogens is 737 g/mol. The quantitative estimate of drug-likeness (QED) is 0.184. The van der Waals surface area contributed by atoms with Gasteiger partial charge in [0.2, 0.25) is 11.8 Å². The average molecular weight is 796 g/mol. The summed E-state index contributed by atoms with van der Waals surface area (Å²) in [7, 11) is 3.38. The fourth-order valence-electron chi connectivity index (χ4n) is 8.82. The maximum absolute atomic E-state index is 13.2. The molecular formula is C40H58Cl2F2N6O4. The molecule has 2 aliphatic heterocycles. The highest BCUT2D eigenvalue weighted by molar-refractivity contribution is 6.31. The van der Waals surface area contributed by atoms with Gasteiger partial charge in [0, 0.05) is 52.4 Å². The van der Waals surface area contributed by atoms with Crippen molar-refractivity contribution in [3.8, 4) is 0 Å². The van der Waals surface area contributed by atoms with Gasteiger partial charge in [-0.2, -0.15) is 0 Å². The number of nitrogens with zero attached hydrogens (tertiary/aromatic N) is 2. The summed E-state index contributed by atoms with van der Waals surface area (Å²) in [6.45, 7) is 4.15. The summed E-state index contributed by atoms with van der Waals surface area (Å²) in [5.41, 5.74) is 0.678. The van der Waals surface area contributed by atoms with Crippen LogP contribution in [0.4, 0.5) is 8.78 Å². The standard InChI is InChI=1S/2C20H29ClFN3O2/c2*1-23-19(26)20(7-10-27-11-8-20)25-9-6-14-2-4-15(5-3-14)18-17(21)12-16(22)13-24-18/h2*12-15,25H,2-11H2,1H3,(H,23,26). The fourth-order valence-corrected chi connectivity index (χ4v) is 9.43. The van der Waals surface area contributed by atoms with Gasteiger partial charge in [-0.25, -0.2) is 8.78 Å². The van der Waals surface area contributed by atoms with E-state index >= 15 is 0 Å². The molecule has 0 atom stereocenters. The second-order valence-electron chi connectivity index (χ2n) is 15.5. The molecule has 14 heteroatoms. The van der Waals surface area contributed by atoms with E-state index in [1.807, 2.05) is 0 Å². The smallest absolute Gasteiger partial charge is 0.240 e. The number of likely N-dealkylation sites (N-methyl/N-ethyl adjacent to an activating group) is 2. The number of carbonyl (C=O) groups is 2. The first-order valence-electron chi connectivity index (χ1n) is 19.8. The molecule has 2 aliphatic carbocycles. The molecule has 0 radical (unpaired) electrons. The first kappa shape index (κ1) is 42.7. The van der Waals surface area contributed by atoms with Crippen molar-refractivity contribution in [2.75, 3.05) is 53.6 Å². The lowest BCUT2D eigenvalue weighted by Crippen LogP contribution is -2.59. The van der Waals surface area contributed by atoms with Crippen LogP contribution in [-0.4, -0.2) is 86.5 Å². The van der Waals surface area contributed by atoms with Crippen LogP contribution in [-0.2, 0) is 19.1 Å². The molecule has 4 aliphatic rings. The van der Waals surface area contributed by atoms with E-state index in [1.54, 1.807) is 14.1 Å². The first-order valence-corrected chi connectivity index (χ1v) is 20.6. The van der Waals surface area contributed by atoms with Gasteiger partial charge in [0.25, 0.3) is 0 Å². The van der Waals surface area contributed by atoms with Gasteiger partial charge >= 0.3 is 0 Å². The van der Waals surface area contributed by atoms with Crippen molar-refractivity contribution in [3.63, 3.8) is 0 Å². The monoisotopic (exact) mass is 794 g/mol. The summed E-state index contributed by atoms with van der Waals surface area (Å²) in [6.07, 6.45) is 16.0. The number of hydrogen-bond acceptors (Lipinski definition) is 8. The zero-order chi connectivity index (χ0) is 38.6. The van der Waals surface area contributed by atoms with Crippen molar-refractivity contribution in [2.45, 2.75) is 113 Å². The normalized spacial score (nSPS) is 25.1. The van der Waals surface area contributed by atoms with Crippen molar-refractivity contribution in [3.05, 3.63) is 57.6 Å². The van der Waals surface area contributed by atoms with Gasteiger partial charge in [0.15, 0.2) is 0 Å². The highest BCUT2D eigenvalue weighted by Gasteiger charge is 2.40. The largest absolute Gasteiger partial charge is 0.381 e. The van der Waals surface area contributed by atoms with E-state index in [0.717, 1.165) is 88.7 Å². The number of pyridine rings is 2. The number of carbonyl (C=O) groups excluding carboxylic acids is 2. The van der Waals surface area contributed by atoms with Gasteiger partial charge < -0.3 is 30.7 Å². The topological polar surface area (TPSA) is 126 Å². The Balaban J connectivity index is 0.000000208. The first-order chi connectivity index (χ1) is 26.1. The minimum Gasteiger partial charge on any atom is -0.381 e. The average Bonchev–Trinajstić information content (AvgIpc) is 3.19. The molecule has 10 nitrogen and oxygen atoms in total. The molecule has 0 spiro atoms. The van der Waals surface area contributed by atoms with Crippen LogP contribution in [0.1, 0.15) is 113 Å². The Morgan fingerprint density at radius 3 is 1.33 bits per heavy atom. The molecule has 2 saturated carbocycles. The number of aromatic nitrogens is 2. The van der Waals surface area contributed by atoms with Crippen LogP contribution in [0.2, 0.25) is 10.0 Å². The van der Waals surface area contributed by atoms with Gasteiger partial charge in [-0.05, 0) is 127 Å². The Morgan fingerprint density at radius 2 is 1.02 bits per heavy atom. The van der Waals surface area contributed by atoms with Crippen molar-refractivity contribution < 1.29 is 27.8 Å². The van der Waals surface area contributed by atoms with Crippen LogP contribution in [0.25, 0.3) is 0 Å². The van der Waals surface area contributed by atoms with Crippen molar-refractivity contribution >= 4 is 35.0 Å². The van der Waals surface area contributed by atoms with Crippen molar-refractivity contribution in [1.82, 2.24) is 31.2 Å². The van der Waals surface area contributed by atoms with Crippen molar-refractivity contribution in [1.29, 1.82) is 0 Å². The summed E-state index contributed by atoms with van der Waals surface area (Å²) in [4.78, 5) is 33.1. The van der Waals surface area contributed by atoms with Crippen LogP contribution in [0.15, 0.2) is 24.5 Å². The number of amides is 2. The zero-order valence-corrected chi connectivity index (χ0v) is 33.3. The second kappa shape index (κ2) is 20.6. The Kier molecular flexibility index (Phi) is 16.3. The van der Waals surface area contributed by atoms with Crippen LogP contribution >= 0.6 is 23.2 Å². The third-order valence-electron chi connectivity index (χ3n) is 12.2. The van der Waals surface area contributed by atoms with Crippen LogP contribution in [0.5, 0.6) is 0 Å². The number of nitrogens with one attached hydrogen (secondary N) is 4. The van der Waals surface area contributed by atoms with Gasteiger partial charge in [-0.1, -0.05) is 23.2 Å². The molecule has 300 valence electrons. The van der Waals surface area contributed by atoms with Crippen LogP contribution < -0.4 is 21.3 Å². The minimum atomic E-state index is -0.490. The maximum Gasteiger partial charge on any atom is 0.240 e. The van der Waals surface area contributed by atoms with E-state index < -0.39 is 11.1 Å². The molecule has 2 saturated heterocycles. The highest BCUT2D eigenvalue weighted by atomic mass is 35.5. The molecule has 4 fully saturated rings. The lowest BCUT2D eigenvalue weighted by molar-refractivity contribution is -0.131. The lowest BCUT2D eigenvalue weighted by atomic mass is 9.79. The highest BCUT2D eigenvalue weighted by Crippen LogP contribution is 2.40. The molecule has 54 heavy (non-hydrogen) atoms. The van der Waals surface area contributed by atoms with Crippen molar-refractivity contribution in [2.24, 2.45) is 11.8 Å². The number of ether oxygens (including phenoxy) is 2. The Hall–Kier alpha value is -2.48. The predicted molar refractivity (Wildman–Crippen MR) is 207 cm³/mol. The molecule has 6 rings (SSSR count). The van der Waals surface area contributed by atoms with Gasteiger partial charge in [-0.15, -0.1) is 0 Å². The summed E-state index contributed by atoms with van der Waals surface area (Å²) in [5.74, 6) is 1.25. The van der Waals surface area contributed by atoms with E-state index in [4.69, 9.17) is 32.7 Å². The van der Waals surface area contributed by atoms with Gasteiger partial charge in [0.05, 0.1) is 33.8 Å². The predicted octanol–water partition coefficient (Wildman–Crippen LogP) is 6.85. The fraction of sp³-hybridized carbons (Fsp3) is 0.700.